The Kier molecular flexibility index (Phi) is 7.41. The number of hydrogen-bond acceptors (Lipinski definition) is 9. The lowest BCUT2D eigenvalue weighted by Gasteiger charge is -2.36. The van der Waals surface area contributed by atoms with Crippen molar-refractivity contribution in [2.24, 2.45) is 0 Å². The third-order valence-corrected chi connectivity index (χ3v) is 6.73. The van der Waals surface area contributed by atoms with Gasteiger partial charge in [-0.2, -0.15) is 0 Å². The van der Waals surface area contributed by atoms with E-state index in [4.69, 9.17) is 9.72 Å². The summed E-state index contributed by atoms with van der Waals surface area (Å²) in [7, 11) is 2.14. The topological polar surface area (TPSA) is 85.9 Å². The maximum atomic E-state index is 12.5. The highest BCUT2D eigenvalue weighted by Gasteiger charge is 2.30. The van der Waals surface area contributed by atoms with Crippen LogP contribution in [0.4, 0.5) is 11.6 Å². The normalized spacial score (nSPS) is 19.2. The number of fused-ring (bicyclic) bond motifs is 1. The molecule has 2 fully saturated rings. The Bertz CT molecular complexity index is 1210. The van der Waals surface area contributed by atoms with Crippen LogP contribution in [0.3, 0.4) is 0 Å². The van der Waals surface area contributed by atoms with Crippen LogP contribution in [0.15, 0.2) is 61.3 Å². The summed E-state index contributed by atoms with van der Waals surface area (Å²) in [6.45, 7) is 9.91. The Labute approximate surface area is 211 Å². The molecular formula is C27H33N7O2. The van der Waals surface area contributed by atoms with Gasteiger partial charge in [0.1, 0.15) is 12.6 Å². The fraction of sp³-hybridized carbons (Fsp3) is 0.370. The molecule has 9 heteroatoms. The van der Waals surface area contributed by atoms with Crippen molar-refractivity contribution in [3.8, 4) is 11.1 Å². The van der Waals surface area contributed by atoms with Gasteiger partial charge in [-0.15, -0.1) is 0 Å². The molecule has 36 heavy (non-hydrogen) atoms. The average Bonchev–Trinajstić information content (AvgIpc) is 2.93. The molecule has 3 aromatic rings. The Balaban J connectivity index is 1.29. The zero-order valence-electron chi connectivity index (χ0n) is 20.7. The SMILES string of the molecule is C=CCOC(=O)C1CNCCN1c1ccc(-c2ccc3nc(NN4CCN(C)CC4)ncc3c2)cc1. The Hall–Kier alpha value is -3.53. The number of likely N-dealkylation sites (N-methyl/N-ethyl adjacent to an activating group) is 1. The van der Waals surface area contributed by atoms with Gasteiger partial charge in [0.05, 0.1) is 5.52 Å². The van der Waals surface area contributed by atoms with Crippen LogP contribution in [0.5, 0.6) is 0 Å². The molecular weight excluding hydrogens is 454 g/mol. The summed E-state index contributed by atoms with van der Waals surface area (Å²) in [6, 6.07) is 14.2. The number of piperazine rings is 2. The zero-order chi connectivity index (χ0) is 24.9. The summed E-state index contributed by atoms with van der Waals surface area (Å²) in [5.41, 5.74) is 7.44. The molecule has 2 N–H and O–H groups in total. The molecule has 0 radical (unpaired) electrons. The predicted molar refractivity (Wildman–Crippen MR) is 143 cm³/mol. The first-order valence-corrected chi connectivity index (χ1v) is 12.4. The second-order valence-corrected chi connectivity index (χ2v) is 9.25. The molecule has 0 saturated carbocycles. The number of esters is 1. The van der Waals surface area contributed by atoms with Crippen molar-refractivity contribution in [2.75, 3.05) is 69.8 Å². The van der Waals surface area contributed by atoms with E-state index in [-0.39, 0.29) is 18.6 Å². The van der Waals surface area contributed by atoms with E-state index < -0.39 is 0 Å². The van der Waals surface area contributed by atoms with Gasteiger partial charge < -0.3 is 19.9 Å². The third-order valence-electron chi connectivity index (χ3n) is 6.73. The zero-order valence-corrected chi connectivity index (χ0v) is 20.7. The maximum absolute atomic E-state index is 12.5. The van der Waals surface area contributed by atoms with Crippen molar-refractivity contribution < 1.29 is 9.53 Å². The van der Waals surface area contributed by atoms with Crippen molar-refractivity contribution in [1.29, 1.82) is 0 Å². The first-order chi connectivity index (χ1) is 17.6. The summed E-state index contributed by atoms with van der Waals surface area (Å²) in [5.74, 6) is 0.392. The molecule has 0 aliphatic carbocycles. The van der Waals surface area contributed by atoms with Crippen LogP contribution in [-0.4, -0.2) is 91.4 Å². The number of benzene rings is 2. The quantitative estimate of drug-likeness (QED) is 0.385. The molecule has 1 atom stereocenters. The number of hydrogen-bond donors (Lipinski definition) is 2. The first-order valence-electron chi connectivity index (χ1n) is 12.4. The van der Waals surface area contributed by atoms with Gasteiger partial charge in [-0.1, -0.05) is 30.9 Å². The monoisotopic (exact) mass is 487 g/mol. The van der Waals surface area contributed by atoms with E-state index in [0.717, 1.165) is 67.0 Å². The van der Waals surface area contributed by atoms with Crippen LogP contribution in [0, 0.1) is 0 Å². The van der Waals surface area contributed by atoms with Gasteiger partial charge in [-0.25, -0.2) is 19.8 Å². The molecule has 2 aromatic carbocycles. The van der Waals surface area contributed by atoms with E-state index in [1.807, 2.05) is 12.3 Å². The van der Waals surface area contributed by atoms with E-state index in [0.29, 0.717) is 12.5 Å². The maximum Gasteiger partial charge on any atom is 0.330 e. The van der Waals surface area contributed by atoms with Crippen molar-refractivity contribution >= 4 is 28.5 Å². The number of aromatic nitrogens is 2. The molecule has 2 aliphatic rings. The van der Waals surface area contributed by atoms with Gasteiger partial charge >= 0.3 is 5.97 Å². The van der Waals surface area contributed by atoms with E-state index in [1.54, 1.807) is 6.08 Å². The molecule has 0 spiro atoms. The van der Waals surface area contributed by atoms with E-state index in [2.05, 4.69) is 80.6 Å². The Morgan fingerprint density at radius 1 is 1.14 bits per heavy atom. The van der Waals surface area contributed by atoms with E-state index in [9.17, 15) is 4.79 Å². The molecule has 2 saturated heterocycles. The number of hydrazine groups is 1. The Morgan fingerprint density at radius 2 is 1.92 bits per heavy atom. The number of ether oxygens (including phenoxy) is 1. The molecule has 1 unspecified atom stereocenters. The van der Waals surface area contributed by atoms with Crippen LogP contribution in [-0.2, 0) is 9.53 Å². The summed E-state index contributed by atoms with van der Waals surface area (Å²) < 4.78 is 5.31. The van der Waals surface area contributed by atoms with Crippen LogP contribution >= 0.6 is 0 Å². The lowest BCUT2D eigenvalue weighted by molar-refractivity contribution is -0.144. The van der Waals surface area contributed by atoms with Gasteiger partial charge in [0.15, 0.2) is 0 Å². The first kappa shape index (κ1) is 24.2. The number of rotatable bonds is 7. The highest BCUT2D eigenvalue weighted by atomic mass is 16.5. The van der Waals surface area contributed by atoms with Crippen molar-refractivity contribution in [2.45, 2.75) is 6.04 Å². The predicted octanol–water partition coefficient (Wildman–Crippen LogP) is 2.38. The minimum atomic E-state index is -0.351. The van der Waals surface area contributed by atoms with Crippen LogP contribution in [0.25, 0.3) is 22.0 Å². The molecule has 188 valence electrons. The summed E-state index contributed by atoms with van der Waals surface area (Å²) in [4.78, 5) is 26.2. The fourth-order valence-electron chi connectivity index (χ4n) is 4.63. The van der Waals surface area contributed by atoms with Gasteiger partial charge in [-0.05, 0) is 42.4 Å². The van der Waals surface area contributed by atoms with Crippen molar-refractivity contribution in [3.05, 3.63) is 61.3 Å². The molecule has 0 amide bonds. The van der Waals surface area contributed by atoms with Gasteiger partial charge in [0.2, 0.25) is 5.95 Å². The van der Waals surface area contributed by atoms with Crippen LogP contribution in [0.2, 0.25) is 0 Å². The number of anilines is 2. The highest BCUT2D eigenvalue weighted by molar-refractivity contribution is 5.85. The number of carbonyl (C=O) groups excluding carboxylic acids is 1. The minimum absolute atomic E-state index is 0.223. The summed E-state index contributed by atoms with van der Waals surface area (Å²) in [5, 5.41) is 6.44. The average molecular weight is 488 g/mol. The minimum Gasteiger partial charge on any atom is -0.460 e. The molecule has 0 bridgehead atoms. The Morgan fingerprint density at radius 3 is 2.69 bits per heavy atom. The number of carbonyl (C=O) groups is 1. The van der Waals surface area contributed by atoms with Crippen LogP contribution in [0.1, 0.15) is 0 Å². The third kappa shape index (κ3) is 5.48. The standard InChI is InChI=1S/C27H33N7O2/c1-3-16-36-26(35)25-19-28-10-11-34(25)23-7-4-20(5-8-23)21-6-9-24-22(17-21)18-29-27(30-24)31-33-14-12-32(2)13-15-33/h3-9,17-18,25,28H,1,10-16,19H2,2H3,(H,29,30,31). The van der Waals surface area contributed by atoms with Crippen molar-refractivity contribution in [1.82, 2.24) is 25.2 Å². The number of nitrogens with zero attached hydrogens (tertiary/aromatic N) is 5. The molecule has 2 aliphatic heterocycles. The molecule has 5 rings (SSSR count). The highest BCUT2D eigenvalue weighted by Crippen LogP contribution is 2.27. The summed E-state index contributed by atoms with van der Waals surface area (Å²) >= 11 is 0. The lowest BCUT2D eigenvalue weighted by atomic mass is 10.0. The van der Waals surface area contributed by atoms with Gasteiger partial charge in [0.25, 0.3) is 0 Å². The van der Waals surface area contributed by atoms with Gasteiger partial charge in [0, 0.05) is 63.1 Å². The molecule has 3 heterocycles. The second-order valence-electron chi connectivity index (χ2n) is 9.25. The van der Waals surface area contributed by atoms with Crippen LogP contribution < -0.4 is 15.6 Å². The summed E-state index contributed by atoms with van der Waals surface area (Å²) in [6.07, 6.45) is 3.46. The fourth-order valence-corrected chi connectivity index (χ4v) is 4.63. The van der Waals surface area contributed by atoms with Crippen molar-refractivity contribution in [3.63, 3.8) is 0 Å². The lowest BCUT2D eigenvalue weighted by Crippen LogP contribution is -2.55. The molecule has 9 nitrogen and oxygen atoms in total. The largest absolute Gasteiger partial charge is 0.460 e. The van der Waals surface area contributed by atoms with Gasteiger partial charge in [-0.3, -0.25) is 5.43 Å². The van der Waals surface area contributed by atoms with E-state index in [1.165, 1.54) is 0 Å². The smallest absolute Gasteiger partial charge is 0.330 e. The second kappa shape index (κ2) is 11.0. The van der Waals surface area contributed by atoms with E-state index >= 15 is 0 Å². The number of nitrogens with one attached hydrogen (secondary N) is 2. The molecule has 1 aromatic heterocycles.